The zero-order valence-electron chi connectivity index (χ0n) is 10.2. The Hall–Kier alpha value is -1.02. The number of hydrogen-bond acceptors (Lipinski definition) is 2. The molecule has 1 heterocycles. The van der Waals surface area contributed by atoms with Crippen LogP contribution in [0.3, 0.4) is 0 Å². The van der Waals surface area contributed by atoms with E-state index >= 15 is 0 Å². The quantitative estimate of drug-likeness (QED) is 0.822. The van der Waals surface area contributed by atoms with Crippen molar-refractivity contribution in [3.63, 3.8) is 0 Å². The highest BCUT2D eigenvalue weighted by Crippen LogP contribution is 2.36. The molecular formula is C14H21NO. The van der Waals surface area contributed by atoms with E-state index in [2.05, 4.69) is 37.4 Å². The van der Waals surface area contributed by atoms with E-state index in [9.17, 15) is 0 Å². The van der Waals surface area contributed by atoms with Crippen LogP contribution in [0.4, 0.5) is 0 Å². The molecule has 2 rings (SSSR count). The molecule has 2 atom stereocenters. The Morgan fingerprint density at radius 2 is 2.19 bits per heavy atom. The predicted molar refractivity (Wildman–Crippen MR) is 67.1 cm³/mol. The van der Waals surface area contributed by atoms with Gasteiger partial charge in [0.25, 0.3) is 0 Å². The molecule has 1 aromatic carbocycles. The number of para-hydroxylation sites is 1. The zero-order chi connectivity index (χ0) is 11.4. The van der Waals surface area contributed by atoms with Crippen LogP contribution in [0.15, 0.2) is 24.3 Å². The van der Waals surface area contributed by atoms with Gasteiger partial charge >= 0.3 is 0 Å². The summed E-state index contributed by atoms with van der Waals surface area (Å²) in [6, 6.07) is 8.96. The first-order valence-electron chi connectivity index (χ1n) is 6.32. The number of ether oxygens (including phenoxy) is 1. The van der Waals surface area contributed by atoms with E-state index in [-0.39, 0.29) is 0 Å². The average Bonchev–Trinajstić information content (AvgIpc) is 2.75. The lowest BCUT2D eigenvalue weighted by atomic mass is 9.91. The summed E-state index contributed by atoms with van der Waals surface area (Å²) in [7, 11) is 0. The van der Waals surface area contributed by atoms with Gasteiger partial charge in [0.15, 0.2) is 0 Å². The maximum Gasteiger partial charge on any atom is 0.122 e. The highest BCUT2D eigenvalue weighted by atomic mass is 16.5. The first kappa shape index (κ1) is 11.5. The fourth-order valence-electron chi connectivity index (χ4n) is 2.42. The number of fused-ring (bicyclic) bond motifs is 1. The van der Waals surface area contributed by atoms with E-state index in [0.29, 0.717) is 12.0 Å². The molecule has 0 spiro atoms. The van der Waals surface area contributed by atoms with E-state index in [1.807, 2.05) is 6.07 Å². The maximum absolute atomic E-state index is 5.73. The molecule has 0 saturated heterocycles. The largest absolute Gasteiger partial charge is 0.493 e. The normalized spacial score (nSPS) is 20.2. The molecule has 0 fully saturated rings. The molecule has 0 radical (unpaired) electrons. The Morgan fingerprint density at radius 1 is 1.38 bits per heavy atom. The summed E-state index contributed by atoms with van der Waals surface area (Å²) in [6.07, 6.45) is 2.34. The van der Waals surface area contributed by atoms with Crippen molar-refractivity contribution in [3.05, 3.63) is 29.8 Å². The smallest absolute Gasteiger partial charge is 0.122 e. The van der Waals surface area contributed by atoms with Crippen LogP contribution in [0.25, 0.3) is 0 Å². The lowest BCUT2D eigenvalue weighted by molar-refractivity contribution is 0.294. The molecule has 1 aliphatic rings. The van der Waals surface area contributed by atoms with Crippen molar-refractivity contribution in [1.82, 2.24) is 5.32 Å². The van der Waals surface area contributed by atoms with E-state index < -0.39 is 0 Å². The molecule has 0 bridgehead atoms. The molecule has 1 aliphatic heterocycles. The number of nitrogens with one attached hydrogen (secondary N) is 1. The average molecular weight is 219 g/mol. The molecule has 1 aromatic rings. The van der Waals surface area contributed by atoms with Crippen molar-refractivity contribution in [2.24, 2.45) is 0 Å². The lowest BCUT2D eigenvalue weighted by Crippen LogP contribution is -2.35. The predicted octanol–water partition coefficient (Wildman–Crippen LogP) is 2.94. The van der Waals surface area contributed by atoms with Crippen LogP contribution in [-0.4, -0.2) is 19.2 Å². The molecular weight excluding hydrogens is 198 g/mol. The molecule has 0 aliphatic carbocycles. The second-order valence-corrected chi connectivity index (χ2v) is 4.42. The number of hydrogen-bond donors (Lipinski definition) is 1. The minimum atomic E-state index is 0.521. The van der Waals surface area contributed by atoms with Crippen LogP contribution in [0.1, 0.15) is 38.2 Å². The van der Waals surface area contributed by atoms with E-state index in [4.69, 9.17) is 4.74 Å². The van der Waals surface area contributed by atoms with E-state index in [1.54, 1.807) is 0 Å². The summed E-state index contributed by atoms with van der Waals surface area (Å²) in [6.45, 7) is 6.37. The van der Waals surface area contributed by atoms with Gasteiger partial charge in [-0.25, -0.2) is 0 Å². The Balaban J connectivity index is 2.10. The van der Waals surface area contributed by atoms with Crippen molar-refractivity contribution in [2.75, 3.05) is 13.2 Å². The van der Waals surface area contributed by atoms with Gasteiger partial charge in [0.2, 0.25) is 0 Å². The first-order valence-corrected chi connectivity index (χ1v) is 6.32. The van der Waals surface area contributed by atoms with Gasteiger partial charge in [-0.15, -0.1) is 0 Å². The molecule has 1 N–H and O–H groups in total. The minimum absolute atomic E-state index is 0.521. The molecule has 2 heteroatoms. The minimum Gasteiger partial charge on any atom is -0.493 e. The second kappa shape index (κ2) is 5.35. The topological polar surface area (TPSA) is 21.3 Å². The van der Waals surface area contributed by atoms with Crippen molar-refractivity contribution in [2.45, 2.75) is 38.6 Å². The Labute approximate surface area is 98.0 Å². The summed E-state index contributed by atoms with van der Waals surface area (Å²) in [5.74, 6) is 1.59. The van der Waals surface area contributed by atoms with E-state index in [1.165, 1.54) is 12.0 Å². The van der Waals surface area contributed by atoms with Crippen molar-refractivity contribution in [3.8, 4) is 5.75 Å². The van der Waals surface area contributed by atoms with Crippen LogP contribution < -0.4 is 10.1 Å². The van der Waals surface area contributed by atoms with Crippen LogP contribution in [0.5, 0.6) is 5.75 Å². The highest BCUT2D eigenvalue weighted by Gasteiger charge is 2.29. The Bertz CT molecular complexity index is 337. The van der Waals surface area contributed by atoms with Crippen LogP contribution in [-0.2, 0) is 0 Å². The van der Waals surface area contributed by atoms with Gasteiger partial charge in [0.1, 0.15) is 5.75 Å². The third-order valence-corrected chi connectivity index (χ3v) is 3.32. The van der Waals surface area contributed by atoms with E-state index in [0.717, 1.165) is 25.3 Å². The van der Waals surface area contributed by atoms with Crippen LogP contribution >= 0.6 is 0 Å². The number of benzene rings is 1. The van der Waals surface area contributed by atoms with Gasteiger partial charge in [-0.2, -0.15) is 0 Å². The summed E-state index contributed by atoms with van der Waals surface area (Å²) in [5, 5.41) is 3.62. The lowest BCUT2D eigenvalue weighted by Gasteiger charge is -2.22. The van der Waals surface area contributed by atoms with Gasteiger partial charge in [0, 0.05) is 17.5 Å². The highest BCUT2D eigenvalue weighted by molar-refractivity contribution is 5.40. The van der Waals surface area contributed by atoms with Gasteiger partial charge in [-0.05, 0) is 25.5 Å². The summed E-state index contributed by atoms with van der Waals surface area (Å²) >= 11 is 0. The van der Waals surface area contributed by atoms with Gasteiger partial charge in [-0.3, -0.25) is 0 Å². The summed E-state index contributed by atoms with van der Waals surface area (Å²) < 4.78 is 5.73. The molecule has 0 amide bonds. The monoisotopic (exact) mass is 219 g/mol. The molecule has 0 aromatic heterocycles. The molecule has 2 nitrogen and oxygen atoms in total. The molecule has 2 unspecified atom stereocenters. The number of rotatable bonds is 5. The SMILES string of the molecule is CCCNC(CC)C1COc2ccccc21. The molecule has 88 valence electrons. The third-order valence-electron chi connectivity index (χ3n) is 3.32. The van der Waals surface area contributed by atoms with Crippen LogP contribution in [0.2, 0.25) is 0 Å². The Kier molecular flexibility index (Phi) is 3.83. The molecule has 16 heavy (non-hydrogen) atoms. The van der Waals surface area contributed by atoms with Gasteiger partial charge in [-0.1, -0.05) is 32.0 Å². The fraction of sp³-hybridized carbons (Fsp3) is 0.571. The fourth-order valence-corrected chi connectivity index (χ4v) is 2.42. The summed E-state index contributed by atoms with van der Waals surface area (Å²) in [5.41, 5.74) is 1.37. The van der Waals surface area contributed by atoms with Gasteiger partial charge in [0.05, 0.1) is 6.61 Å². The second-order valence-electron chi connectivity index (χ2n) is 4.42. The van der Waals surface area contributed by atoms with Gasteiger partial charge < -0.3 is 10.1 Å². The third kappa shape index (κ3) is 2.22. The van der Waals surface area contributed by atoms with Crippen molar-refractivity contribution in [1.29, 1.82) is 0 Å². The standard InChI is InChI=1S/C14H21NO/c1-3-9-15-13(4-2)12-10-16-14-8-6-5-7-11(12)14/h5-8,12-13,15H,3-4,9-10H2,1-2H3. The first-order chi connectivity index (χ1) is 7.86. The Morgan fingerprint density at radius 3 is 2.94 bits per heavy atom. The molecule has 0 saturated carbocycles. The zero-order valence-corrected chi connectivity index (χ0v) is 10.2. The maximum atomic E-state index is 5.73. The van der Waals surface area contributed by atoms with Crippen LogP contribution in [0, 0.1) is 0 Å². The van der Waals surface area contributed by atoms with Crippen molar-refractivity contribution < 1.29 is 4.74 Å². The summed E-state index contributed by atoms with van der Waals surface area (Å²) in [4.78, 5) is 0. The van der Waals surface area contributed by atoms with Crippen molar-refractivity contribution >= 4 is 0 Å².